The minimum Gasteiger partial charge on any atom is -0.502 e. The Kier molecular flexibility index (Phi) is 4.76. The molecule has 0 bridgehead atoms. The van der Waals surface area contributed by atoms with Gasteiger partial charge in [0.2, 0.25) is 5.75 Å². The molecule has 2 aromatic rings. The molecule has 7 heteroatoms. The molecule has 5 nitrogen and oxygen atoms in total. The smallest absolute Gasteiger partial charge is 0.311 e. The fourth-order valence-corrected chi connectivity index (χ4v) is 2.15. The quantitative estimate of drug-likeness (QED) is 0.391. The van der Waals surface area contributed by atoms with Crippen molar-refractivity contribution in [3.8, 4) is 5.75 Å². The topological polar surface area (TPSA) is 80.4 Å². The van der Waals surface area contributed by atoms with Crippen LogP contribution in [0.4, 0.5) is 10.1 Å². The molecule has 0 heterocycles. The number of rotatable bonds is 4. The maximum atomic E-state index is 13.1. The molecule has 2 aromatic carbocycles. The standard InChI is InChI=1S/C16H11ClFNO4/c1-9-6-11(16(21)14(7-9)19(22)23)15(20)5-3-10-2-4-13(18)12(17)8-10/h2-8,21H,1H3. The number of nitrogens with zero attached hydrogens (tertiary/aromatic N) is 1. The summed E-state index contributed by atoms with van der Waals surface area (Å²) in [5.41, 5.74) is 0.232. The Hall–Kier alpha value is -2.73. The molecule has 0 saturated carbocycles. The minimum absolute atomic E-state index is 0.0892. The first-order valence-electron chi connectivity index (χ1n) is 6.45. The molecule has 0 atom stereocenters. The first-order chi connectivity index (χ1) is 10.8. The largest absolute Gasteiger partial charge is 0.502 e. The maximum absolute atomic E-state index is 13.1. The van der Waals surface area contributed by atoms with Crippen LogP contribution in [0.15, 0.2) is 36.4 Å². The molecule has 0 aliphatic carbocycles. The van der Waals surface area contributed by atoms with E-state index in [2.05, 4.69) is 0 Å². The third-order valence-electron chi connectivity index (χ3n) is 3.07. The number of phenols is 1. The summed E-state index contributed by atoms with van der Waals surface area (Å²) >= 11 is 5.64. The summed E-state index contributed by atoms with van der Waals surface area (Å²) in [6, 6.07) is 6.44. The van der Waals surface area contributed by atoms with Gasteiger partial charge < -0.3 is 5.11 Å². The molecule has 0 saturated heterocycles. The van der Waals surface area contributed by atoms with E-state index in [1.165, 1.54) is 30.3 Å². The monoisotopic (exact) mass is 335 g/mol. The molecule has 0 radical (unpaired) electrons. The predicted octanol–water partition coefficient (Wildman–Crippen LogP) is 4.30. The second-order valence-electron chi connectivity index (χ2n) is 4.81. The Bertz CT molecular complexity index is 833. The van der Waals surface area contributed by atoms with Crippen LogP contribution in [0.3, 0.4) is 0 Å². The number of aryl methyl sites for hydroxylation is 1. The normalized spacial score (nSPS) is 10.9. The van der Waals surface area contributed by atoms with Crippen molar-refractivity contribution in [1.82, 2.24) is 0 Å². The van der Waals surface area contributed by atoms with Gasteiger partial charge >= 0.3 is 5.69 Å². The van der Waals surface area contributed by atoms with Gasteiger partial charge in [0.15, 0.2) is 5.78 Å². The highest BCUT2D eigenvalue weighted by Crippen LogP contribution is 2.31. The van der Waals surface area contributed by atoms with Crippen LogP contribution in [0, 0.1) is 22.9 Å². The zero-order chi connectivity index (χ0) is 17.1. The molecule has 23 heavy (non-hydrogen) atoms. The van der Waals surface area contributed by atoms with Gasteiger partial charge in [-0.1, -0.05) is 23.7 Å². The number of halogens is 2. The number of nitro benzene ring substituents is 1. The molecule has 118 valence electrons. The fraction of sp³-hybridized carbons (Fsp3) is 0.0625. The molecule has 0 spiro atoms. The zero-order valence-corrected chi connectivity index (χ0v) is 12.7. The molecule has 1 N–H and O–H groups in total. The van der Waals surface area contributed by atoms with Crippen molar-refractivity contribution in [2.45, 2.75) is 6.92 Å². The number of ketones is 1. The van der Waals surface area contributed by atoms with Gasteiger partial charge in [-0.25, -0.2) is 4.39 Å². The summed E-state index contributed by atoms with van der Waals surface area (Å²) in [6.07, 6.45) is 2.50. The fourth-order valence-electron chi connectivity index (χ4n) is 1.96. The lowest BCUT2D eigenvalue weighted by Crippen LogP contribution is -1.99. The Balaban J connectivity index is 2.35. The lowest BCUT2D eigenvalue weighted by molar-refractivity contribution is -0.385. The SMILES string of the molecule is Cc1cc(C(=O)C=Cc2ccc(F)c(Cl)c2)c(O)c([N+](=O)[O-])c1. The van der Waals surface area contributed by atoms with Crippen molar-refractivity contribution in [3.05, 3.63) is 74.1 Å². The molecule has 0 aliphatic heterocycles. The van der Waals surface area contributed by atoms with Crippen LogP contribution < -0.4 is 0 Å². The van der Waals surface area contributed by atoms with Gasteiger partial charge in [0.1, 0.15) is 5.82 Å². The minimum atomic E-state index is -0.761. The third-order valence-corrected chi connectivity index (χ3v) is 3.36. The number of aromatic hydroxyl groups is 1. The van der Waals surface area contributed by atoms with Gasteiger partial charge in [-0.2, -0.15) is 0 Å². The Morgan fingerprint density at radius 3 is 2.65 bits per heavy atom. The van der Waals surface area contributed by atoms with Gasteiger partial charge in [-0.3, -0.25) is 14.9 Å². The average molecular weight is 336 g/mol. The van der Waals surface area contributed by atoms with E-state index in [9.17, 15) is 24.4 Å². The first-order valence-corrected chi connectivity index (χ1v) is 6.83. The Morgan fingerprint density at radius 1 is 1.35 bits per heavy atom. The maximum Gasteiger partial charge on any atom is 0.311 e. The van der Waals surface area contributed by atoms with Gasteiger partial charge in [-0.05, 0) is 42.3 Å². The summed E-state index contributed by atoms with van der Waals surface area (Å²) in [7, 11) is 0. The second-order valence-corrected chi connectivity index (χ2v) is 5.22. The Morgan fingerprint density at radius 2 is 2.04 bits per heavy atom. The zero-order valence-electron chi connectivity index (χ0n) is 11.9. The van der Waals surface area contributed by atoms with Crippen LogP contribution in [0.25, 0.3) is 6.08 Å². The van der Waals surface area contributed by atoms with Crippen molar-refractivity contribution in [3.63, 3.8) is 0 Å². The number of nitro groups is 1. The molecule has 0 unspecified atom stereocenters. The summed E-state index contributed by atoms with van der Waals surface area (Å²) in [6.45, 7) is 1.58. The number of allylic oxidation sites excluding steroid dienone is 1. The molecule has 0 aromatic heterocycles. The van der Waals surface area contributed by atoms with Crippen LogP contribution in [-0.2, 0) is 0 Å². The van der Waals surface area contributed by atoms with E-state index in [1.807, 2.05) is 0 Å². The number of carbonyl (C=O) groups is 1. The van der Waals surface area contributed by atoms with Crippen LogP contribution in [0.5, 0.6) is 5.75 Å². The van der Waals surface area contributed by atoms with Crippen molar-refractivity contribution in [2.24, 2.45) is 0 Å². The van der Waals surface area contributed by atoms with Gasteiger partial charge in [0, 0.05) is 6.07 Å². The van der Waals surface area contributed by atoms with Crippen LogP contribution in [0.2, 0.25) is 5.02 Å². The second kappa shape index (κ2) is 6.58. The molecule has 0 amide bonds. The lowest BCUT2D eigenvalue weighted by Gasteiger charge is -2.04. The molecule has 2 rings (SSSR count). The first kappa shape index (κ1) is 16.6. The molecule has 0 aliphatic rings. The van der Waals surface area contributed by atoms with E-state index in [1.54, 1.807) is 6.92 Å². The molecule has 0 fully saturated rings. The molecular formula is C16H11ClFNO4. The molecular weight excluding hydrogens is 325 g/mol. The van der Waals surface area contributed by atoms with Crippen LogP contribution in [0.1, 0.15) is 21.5 Å². The van der Waals surface area contributed by atoms with Gasteiger partial charge in [0.25, 0.3) is 0 Å². The van der Waals surface area contributed by atoms with Crippen LogP contribution in [-0.4, -0.2) is 15.8 Å². The summed E-state index contributed by atoms with van der Waals surface area (Å²) < 4.78 is 13.1. The summed E-state index contributed by atoms with van der Waals surface area (Å²) in [5, 5.41) is 20.6. The Labute approximate surface area is 135 Å². The number of hydrogen-bond donors (Lipinski definition) is 1. The highest BCUT2D eigenvalue weighted by atomic mass is 35.5. The van der Waals surface area contributed by atoms with E-state index >= 15 is 0 Å². The summed E-state index contributed by atoms with van der Waals surface area (Å²) in [4.78, 5) is 22.2. The predicted molar refractivity (Wildman–Crippen MR) is 84.3 cm³/mol. The van der Waals surface area contributed by atoms with Crippen LogP contribution >= 0.6 is 11.6 Å². The van der Waals surface area contributed by atoms with Crippen molar-refractivity contribution in [2.75, 3.05) is 0 Å². The summed E-state index contributed by atoms with van der Waals surface area (Å²) in [5.74, 6) is -1.88. The third kappa shape index (κ3) is 3.73. The van der Waals surface area contributed by atoms with Crippen molar-refractivity contribution in [1.29, 1.82) is 0 Å². The van der Waals surface area contributed by atoms with E-state index in [4.69, 9.17) is 11.6 Å². The van der Waals surface area contributed by atoms with E-state index in [0.717, 1.165) is 12.1 Å². The highest BCUT2D eigenvalue weighted by Gasteiger charge is 2.21. The highest BCUT2D eigenvalue weighted by molar-refractivity contribution is 6.30. The number of phenolic OH excluding ortho intramolecular Hbond substituents is 1. The van der Waals surface area contributed by atoms with Gasteiger partial charge in [0.05, 0.1) is 15.5 Å². The lowest BCUT2D eigenvalue weighted by atomic mass is 10.0. The van der Waals surface area contributed by atoms with Gasteiger partial charge in [-0.15, -0.1) is 0 Å². The van der Waals surface area contributed by atoms with E-state index in [0.29, 0.717) is 11.1 Å². The van der Waals surface area contributed by atoms with Crippen molar-refractivity contribution < 1.29 is 19.2 Å². The van der Waals surface area contributed by atoms with E-state index in [-0.39, 0.29) is 10.6 Å². The van der Waals surface area contributed by atoms with E-state index < -0.39 is 28.0 Å². The number of hydrogen-bond acceptors (Lipinski definition) is 4. The number of carbonyl (C=O) groups excluding carboxylic acids is 1. The number of benzene rings is 2. The average Bonchev–Trinajstić information content (AvgIpc) is 2.49. The van der Waals surface area contributed by atoms with Crippen molar-refractivity contribution >= 4 is 29.1 Å².